The van der Waals surface area contributed by atoms with Gasteiger partial charge in [-0.3, -0.25) is 0 Å². The molecule has 0 saturated carbocycles. The minimum absolute atomic E-state index is 0.211. The van der Waals surface area contributed by atoms with Gasteiger partial charge in [0, 0.05) is 10.9 Å². The summed E-state index contributed by atoms with van der Waals surface area (Å²) >= 11 is 1.68. The van der Waals surface area contributed by atoms with E-state index in [1.165, 1.54) is 67.7 Å². The zero-order valence-corrected chi connectivity index (χ0v) is 18.6. The van der Waals surface area contributed by atoms with Crippen molar-refractivity contribution in [3.8, 4) is 11.5 Å². The summed E-state index contributed by atoms with van der Waals surface area (Å²) in [6.07, 6.45) is 10.6. The van der Waals surface area contributed by atoms with Crippen LogP contribution in [0.1, 0.15) is 61.6 Å². The molecular weight excluding hydrogens is 382 g/mol. The SMILES string of the molecule is CCCN(CCCCCCc1ccc(O)c(OC)c1)C1CCc2nc(N)sc2C1. The summed E-state index contributed by atoms with van der Waals surface area (Å²) in [4.78, 5) is 8.59. The van der Waals surface area contributed by atoms with E-state index in [0.29, 0.717) is 11.8 Å². The number of ether oxygens (including phenoxy) is 1. The van der Waals surface area contributed by atoms with E-state index in [1.807, 2.05) is 12.1 Å². The molecule has 1 heterocycles. The molecule has 0 saturated heterocycles. The van der Waals surface area contributed by atoms with Crippen LogP contribution in [0.15, 0.2) is 18.2 Å². The molecule has 0 radical (unpaired) electrons. The Morgan fingerprint density at radius 1 is 1.24 bits per heavy atom. The Kier molecular flexibility index (Phi) is 8.19. The van der Waals surface area contributed by atoms with Crippen LogP contribution in [-0.2, 0) is 19.3 Å². The molecular formula is C23H35N3O2S. The van der Waals surface area contributed by atoms with Crippen LogP contribution in [0, 0.1) is 0 Å². The van der Waals surface area contributed by atoms with E-state index in [1.54, 1.807) is 24.5 Å². The molecule has 3 rings (SSSR count). The van der Waals surface area contributed by atoms with Gasteiger partial charge < -0.3 is 20.5 Å². The highest BCUT2D eigenvalue weighted by molar-refractivity contribution is 7.15. The summed E-state index contributed by atoms with van der Waals surface area (Å²) in [6, 6.07) is 6.31. The Balaban J connectivity index is 1.39. The number of rotatable bonds is 11. The fourth-order valence-electron chi connectivity index (χ4n) is 4.33. The lowest BCUT2D eigenvalue weighted by atomic mass is 9.95. The van der Waals surface area contributed by atoms with Crippen molar-refractivity contribution >= 4 is 16.5 Å². The van der Waals surface area contributed by atoms with Crippen molar-refractivity contribution in [2.75, 3.05) is 25.9 Å². The normalized spacial score (nSPS) is 16.2. The first-order valence-corrected chi connectivity index (χ1v) is 11.8. The van der Waals surface area contributed by atoms with Crippen molar-refractivity contribution in [1.82, 2.24) is 9.88 Å². The summed E-state index contributed by atoms with van der Waals surface area (Å²) in [6.45, 7) is 4.65. The third-order valence-electron chi connectivity index (χ3n) is 5.86. The lowest BCUT2D eigenvalue weighted by molar-refractivity contribution is 0.176. The summed E-state index contributed by atoms with van der Waals surface area (Å²) < 4.78 is 5.20. The molecule has 29 heavy (non-hydrogen) atoms. The number of phenols is 1. The number of benzene rings is 1. The maximum atomic E-state index is 9.70. The number of aromatic hydroxyl groups is 1. The van der Waals surface area contributed by atoms with E-state index in [4.69, 9.17) is 10.5 Å². The fraction of sp³-hybridized carbons (Fsp3) is 0.609. The van der Waals surface area contributed by atoms with Crippen LogP contribution in [-0.4, -0.2) is 41.2 Å². The van der Waals surface area contributed by atoms with Gasteiger partial charge in [-0.2, -0.15) is 0 Å². The van der Waals surface area contributed by atoms with Crippen LogP contribution in [0.5, 0.6) is 11.5 Å². The zero-order valence-electron chi connectivity index (χ0n) is 17.8. The molecule has 5 nitrogen and oxygen atoms in total. The van der Waals surface area contributed by atoms with E-state index in [-0.39, 0.29) is 5.75 Å². The van der Waals surface area contributed by atoms with Gasteiger partial charge in [-0.05, 0) is 75.7 Å². The Morgan fingerprint density at radius 2 is 2.07 bits per heavy atom. The molecule has 6 heteroatoms. The van der Waals surface area contributed by atoms with Gasteiger partial charge in [-0.1, -0.05) is 25.8 Å². The summed E-state index contributed by atoms with van der Waals surface area (Å²) in [7, 11) is 1.60. The van der Waals surface area contributed by atoms with Gasteiger partial charge >= 0.3 is 0 Å². The second kappa shape index (κ2) is 10.8. The Labute approximate surface area is 178 Å². The summed E-state index contributed by atoms with van der Waals surface area (Å²) in [5, 5.41) is 10.4. The first kappa shape index (κ1) is 21.9. The molecule has 0 aliphatic heterocycles. The standard InChI is InChI=1S/C23H35N3O2S/c1-3-13-26(18-10-11-19-22(16-18)29-23(24)25-19)14-7-5-4-6-8-17-9-12-20(27)21(15-17)28-2/h9,12,15,18,27H,3-8,10-11,13-14,16H2,1-2H3,(H2,24,25). The summed E-state index contributed by atoms with van der Waals surface area (Å²) in [5.41, 5.74) is 8.38. The van der Waals surface area contributed by atoms with E-state index in [0.717, 1.165) is 24.4 Å². The molecule has 1 aromatic carbocycles. The van der Waals surface area contributed by atoms with Crippen LogP contribution >= 0.6 is 11.3 Å². The highest BCUT2D eigenvalue weighted by Crippen LogP contribution is 2.30. The number of nitrogens with two attached hydrogens (primary N) is 1. The van der Waals surface area contributed by atoms with Crippen LogP contribution < -0.4 is 10.5 Å². The van der Waals surface area contributed by atoms with Crippen molar-refractivity contribution < 1.29 is 9.84 Å². The molecule has 0 amide bonds. The van der Waals surface area contributed by atoms with Gasteiger partial charge in [0.25, 0.3) is 0 Å². The number of anilines is 1. The van der Waals surface area contributed by atoms with Crippen molar-refractivity contribution in [2.45, 2.75) is 70.8 Å². The molecule has 2 aromatic rings. The molecule has 1 aliphatic rings. The minimum Gasteiger partial charge on any atom is -0.504 e. The van der Waals surface area contributed by atoms with Gasteiger partial charge in [0.2, 0.25) is 0 Å². The van der Waals surface area contributed by atoms with Crippen molar-refractivity contribution in [1.29, 1.82) is 0 Å². The van der Waals surface area contributed by atoms with Crippen LogP contribution in [0.4, 0.5) is 5.13 Å². The first-order valence-electron chi connectivity index (χ1n) is 10.9. The van der Waals surface area contributed by atoms with Gasteiger partial charge in [-0.25, -0.2) is 4.98 Å². The predicted octanol–water partition coefficient (Wildman–Crippen LogP) is 4.81. The molecule has 1 unspecified atom stereocenters. The number of nitrogens with zero attached hydrogens (tertiary/aromatic N) is 2. The number of aromatic nitrogens is 1. The maximum absolute atomic E-state index is 9.70. The first-order chi connectivity index (χ1) is 14.1. The zero-order chi connectivity index (χ0) is 20.6. The third kappa shape index (κ3) is 6.09. The van der Waals surface area contributed by atoms with Gasteiger partial charge in [0.1, 0.15) is 0 Å². The highest BCUT2D eigenvalue weighted by atomic mass is 32.1. The van der Waals surface area contributed by atoms with Crippen molar-refractivity contribution in [2.24, 2.45) is 0 Å². The molecule has 0 bridgehead atoms. The predicted molar refractivity (Wildman–Crippen MR) is 121 cm³/mol. The molecule has 0 spiro atoms. The Morgan fingerprint density at radius 3 is 2.86 bits per heavy atom. The van der Waals surface area contributed by atoms with E-state index in [2.05, 4.69) is 16.8 Å². The molecule has 160 valence electrons. The average molecular weight is 418 g/mol. The number of hydrogen-bond donors (Lipinski definition) is 2. The molecule has 1 aliphatic carbocycles. The smallest absolute Gasteiger partial charge is 0.180 e. The number of hydrogen-bond acceptors (Lipinski definition) is 6. The Bertz CT molecular complexity index is 777. The number of nitrogen functional groups attached to an aromatic ring is 1. The third-order valence-corrected chi connectivity index (χ3v) is 6.81. The second-order valence-electron chi connectivity index (χ2n) is 8.02. The second-order valence-corrected chi connectivity index (χ2v) is 9.14. The average Bonchev–Trinajstić information content (AvgIpc) is 3.10. The number of aryl methyl sites for hydroxylation is 2. The van der Waals surface area contributed by atoms with E-state index < -0.39 is 0 Å². The van der Waals surface area contributed by atoms with Crippen LogP contribution in [0.3, 0.4) is 0 Å². The topological polar surface area (TPSA) is 71.6 Å². The fourth-order valence-corrected chi connectivity index (χ4v) is 5.28. The number of thiazole rings is 1. The molecule has 0 fully saturated rings. The maximum Gasteiger partial charge on any atom is 0.180 e. The quantitative estimate of drug-likeness (QED) is 0.513. The number of unbranched alkanes of at least 4 members (excludes halogenated alkanes) is 3. The largest absolute Gasteiger partial charge is 0.504 e. The number of phenolic OH excluding ortho intramolecular Hbond substituents is 1. The molecule has 1 aromatic heterocycles. The molecule has 1 atom stereocenters. The lowest BCUT2D eigenvalue weighted by Crippen LogP contribution is -2.40. The minimum atomic E-state index is 0.211. The highest BCUT2D eigenvalue weighted by Gasteiger charge is 2.26. The van der Waals surface area contributed by atoms with Crippen LogP contribution in [0.25, 0.3) is 0 Å². The number of fused-ring (bicyclic) bond motifs is 1. The van der Waals surface area contributed by atoms with Gasteiger partial charge in [0.05, 0.1) is 12.8 Å². The molecule has 3 N–H and O–H groups in total. The van der Waals surface area contributed by atoms with Crippen LogP contribution in [0.2, 0.25) is 0 Å². The van der Waals surface area contributed by atoms with Gasteiger partial charge in [0.15, 0.2) is 16.6 Å². The lowest BCUT2D eigenvalue weighted by Gasteiger charge is -2.33. The van der Waals surface area contributed by atoms with Gasteiger partial charge in [-0.15, -0.1) is 11.3 Å². The summed E-state index contributed by atoms with van der Waals surface area (Å²) in [5.74, 6) is 0.777. The van der Waals surface area contributed by atoms with E-state index in [9.17, 15) is 5.11 Å². The van der Waals surface area contributed by atoms with Crippen molar-refractivity contribution in [3.05, 3.63) is 34.3 Å². The monoisotopic (exact) mass is 417 g/mol. The Hall–Kier alpha value is -1.79. The number of methoxy groups -OCH3 is 1. The van der Waals surface area contributed by atoms with Crippen molar-refractivity contribution in [3.63, 3.8) is 0 Å². The van der Waals surface area contributed by atoms with E-state index >= 15 is 0 Å².